The van der Waals surface area contributed by atoms with Gasteiger partial charge in [0.25, 0.3) is 0 Å². The molecule has 2 rings (SSSR count). The SMILES string of the molecule is CC(=O)Nc1ccc(NC(=O)CCN(CC2CCCO2)S(C)(=O)=O)cc1. The van der Waals surface area contributed by atoms with Gasteiger partial charge in [-0.05, 0) is 37.1 Å². The summed E-state index contributed by atoms with van der Waals surface area (Å²) in [5, 5.41) is 5.36. The van der Waals surface area contributed by atoms with Crippen molar-refractivity contribution in [1.82, 2.24) is 4.31 Å². The Hall–Kier alpha value is -1.97. The van der Waals surface area contributed by atoms with Gasteiger partial charge in [0.05, 0.1) is 12.4 Å². The molecule has 2 N–H and O–H groups in total. The fraction of sp³-hybridized carbons (Fsp3) is 0.529. The van der Waals surface area contributed by atoms with Crippen molar-refractivity contribution in [2.75, 3.05) is 36.6 Å². The van der Waals surface area contributed by atoms with Gasteiger partial charge in [0, 0.05) is 44.4 Å². The highest BCUT2D eigenvalue weighted by Gasteiger charge is 2.25. The molecule has 144 valence electrons. The highest BCUT2D eigenvalue weighted by molar-refractivity contribution is 7.88. The molecule has 0 radical (unpaired) electrons. The van der Waals surface area contributed by atoms with E-state index in [0.717, 1.165) is 19.1 Å². The Morgan fingerprint density at radius 3 is 2.31 bits per heavy atom. The van der Waals surface area contributed by atoms with E-state index in [9.17, 15) is 18.0 Å². The molecule has 1 atom stereocenters. The highest BCUT2D eigenvalue weighted by atomic mass is 32.2. The van der Waals surface area contributed by atoms with Gasteiger partial charge in [0.1, 0.15) is 0 Å². The summed E-state index contributed by atoms with van der Waals surface area (Å²) >= 11 is 0. The van der Waals surface area contributed by atoms with Gasteiger partial charge in [-0.3, -0.25) is 9.59 Å². The summed E-state index contributed by atoms with van der Waals surface area (Å²) in [5.41, 5.74) is 1.21. The van der Waals surface area contributed by atoms with Crippen molar-refractivity contribution >= 4 is 33.2 Å². The lowest BCUT2D eigenvalue weighted by Gasteiger charge is -2.22. The van der Waals surface area contributed by atoms with E-state index < -0.39 is 10.0 Å². The van der Waals surface area contributed by atoms with Gasteiger partial charge in [-0.2, -0.15) is 4.31 Å². The summed E-state index contributed by atoms with van der Waals surface area (Å²) in [5.74, 6) is -0.452. The number of hydrogen-bond donors (Lipinski definition) is 2. The van der Waals surface area contributed by atoms with Gasteiger partial charge < -0.3 is 15.4 Å². The zero-order chi connectivity index (χ0) is 19.2. The lowest BCUT2D eigenvalue weighted by Crippen LogP contribution is -2.38. The molecular formula is C17H25N3O5S. The summed E-state index contributed by atoms with van der Waals surface area (Å²) in [4.78, 5) is 23.1. The molecule has 1 fully saturated rings. The van der Waals surface area contributed by atoms with Crippen molar-refractivity contribution < 1.29 is 22.7 Å². The number of ether oxygens (including phenoxy) is 1. The quantitative estimate of drug-likeness (QED) is 0.706. The first-order valence-electron chi connectivity index (χ1n) is 8.48. The number of carbonyl (C=O) groups excluding carboxylic acids is 2. The standard InChI is InChI=1S/C17H25N3O5S/c1-13(21)18-14-5-7-15(8-6-14)19-17(22)9-10-20(26(2,23)24)12-16-4-3-11-25-16/h5-8,16H,3-4,9-12H2,1-2H3,(H,18,21)(H,19,22). The Labute approximate surface area is 153 Å². The second-order valence-electron chi connectivity index (χ2n) is 6.31. The largest absolute Gasteiger partial charge is 0.377 e. The molecule has 1 aromatic carbocycles. The maximum absolute atomic E-state index is 12.1. The predicted molar refractivity (Wildman–Crippen MR) is 99.4 cm³/mol. The Balaban J connectivity index is 1.86. The van der Waals surface area contributed by atoms with Crippen molar-refractivity contribution in [3.05, 3.63) is 24.3 Å². The van der Waals surface area contributed by atoms with E-state index >= 15 is 0 Å². The van der Waals surface area contributed by atoms with E-state index in [1.807, 2.05) is 0 Å². The van der Waals surface area contributed by atoms with Crippen LogP contribution in [0.25, 0.3) is 0 Å². The molecule has 9 heteroatoms. The van der Waals surface area contributed by atoms with Gasteiger partial charge >= 0.3 is 0 Å². The number of hydrogen-bond acceptors (Lipinski definition) is 5. The Morgan fingerprint density at radius 2 is 1.81 bits per heavy atom. The number of amides is 2. The molecule has 0 bridgehead atoms. The van der Waals surface area contributed by atoms with Crippen LogP contribution in [0.3, 0.4) is 0 Å². The summed E-state index contributed by atoms with van der Waals surface area (Å²) in [6, 6.07) is 6.70. The molecule has 1 heterocycles. The third-order valence-electron chi connectivity index (χ3n) is 3.98. The molecule has 26 heavy (non-hydrogen) atoms. The predicted octanol–water partition coefficient (Wildman–Crippen LogP) is 1.41. The van der Waals surface area contributed by atoms with E-state index in [4.69, 9.17) is 4.74 Å². The van der Waals surface area contributed by atoms with Gasteiger partial charge in [0.2, 0.25) is 21.8 Å². The van der Waals surface area contributed by atoms with Crippen LogP contribution in [0, 0.1) is 0 Å². The van der Waals surface area contributed by atoms with Crippen molar-refractivity contribution in [3.63, 3.8) is 0 Å². The third-order valence-corrected chi connectivity index (χ3v) is 5.25. The first-order valence-corrected chi connectivity index (χ1v) is 10.3. The molecule has 1 saturated heterocycles. The molecule has 0 aromatic heterocycles. The first-order chi connectivity index (χ1) is 12.2. The third kappa shape index (κ3) is 6.74. The number of anilines is 2. The van der Waals surface area contributed by atoms with Gasteiger partial charge in [-0.15, -0.1) is 0 Å². The molecule has 2 amide bonds. The summed E-state index contributed by atoms with van der Waals surface area (Å²) < 4.78 is 30.6. The first kappa shape index (κ1) is 20.3. The van der Waals surface area contributed by atoms with Gasteiger partial charge in [-0.25, -0.2) is 8.42 Å². The monoisotopic (exact) mass is 383 g/mol. The van der Waals surface area contributed by atoms with E-state index in [-0.39, 0.29) is 37.4 Å². The van der Waals surface area contributed by atoms with Crippen LogP contribution in [0.15, 0.2) is 24.3 Å². The summed E-state index contributed by atoms with van der Waals surface area (Å²) in [7, 11) is -3.40. The van der Waals surface area contributed by atoms with Crippen LogP contribution in [-0.2, 0) is 24.3 Å². The summed E-state index contributed by atoms with van der Waals surface area (Å²) in [6.07, 6.45) is 2.85. The zero-order valence-corrected chi connectivity index (χ0v) is 15.8. The number of carbonyl (C=O) groups is 2. The van der Waals surface area contributed by atoms with Crippen LogP contribution in [0.4, 0.5) is 11.4 Å². The van der Waals surface area contributed by atoms with Crippen LogP contribution >= 0.6 is 0 Å². The number of benzene rings is 1. The highest BCUT2D eigenvalue weighted by Crippen LogP contribution is 2.16. The molecule has 0 aliphatic carbocycles. The number of rotatable bonds is 8. The van der Waals surface area contributed by atoms with Crippen molar-refractivity contribution in [2.24, 2.45) is 0 Å². The van der Waals surface area contributed by atoms with Crippen molar-refractivity contribution in [1.29, 1.82) is 0 Å². The van der Waals surface area contributed by atoms with Crippen LogP contribution < -0.4 is 10.6 Å². The van der Waals surface area contributed by atoms with Gasteiger partial charge in [-0.1, -0.05) is 0 Å². The molecular weight excluding hydrogens is 358 g/mol. The second-order valence-corrected chi connectivity index (χ2v) is 8.30. The fourth-order valence-corrected chi connectivity index (χ4v) is 3.56. The minimum Gasteiger partial charge on any atom is -0.377 e. The number of nitrogens with one attached hydrogen (secondary N) is 2. The van der Waals surface area contributed by atoms with Crippen molar-refractivity contribution in [2.45, 2.75) is 32.3 Å². The molecule has 8 nitrogen and oxygen atoms in total. The van der Waals surface area contributed by atoms with E-state index in [1.165, 1.54) is 11.2 Å². The molecule has 0 spiro atoms. The van der Waals surface area contributed by atoms with Gasteiger partial charge in [0.15, 0.2) is 0 Å². The fourth-order valence-electron chi connectivity index (χ4n) is 2.70. The average Bonchev–Trinajstić information content (AvgIpc) is 3.05. The normalized spacial score (nSPS) is 17.3. The Morgan fingerprint density at radius 1 is 1.19 bits per heavy atom. The lowest BCUT2D eigenvalue weighted by atomic mass is 10.2. The van der Waals surface area contributed by atoms with E-state index in [0.29, 0.717) is 18.0 Å². The molecule has 1 aliphatic rings. The number of sulfonamides is 1. The van der Waals surface area contributed by atoms with Crippen LogP contribution in [-0.4, -0.2) is 56.6 Å². The van der Waals surface area contributed by atoms with Crippen LogP contribution in [0.5, 0.6) is 0 Å². The maximum Gasteiger partial charge on any atom is 0.225 e. The molecule has 1 unspecified atom stereocenters. The second kappa shape index (κ2) is 9.11. The number of nitrogens with zero attached hydrogens (tertiary/aromatic N) is 1. The van der Waals surface area contributed by atoms with Crippen LogP contribution in [0.2, 0.25) is 0 Å². The maximum atomic E-state index is 12.1. The molecule has 0 saturated carbocycles. The molecule has 1 aromatic rings. The Bertz CT molecular complexity index is 727. The van der Waals surface area contributed by atoms with Crippen molar-refractivity contribution in [3.8, 4) is 0 Å². The zero-order valence-electron chi connectivity index (χ0n) is 15.0. The van der Waals surface area contributed by atoms with E-state index in [1.54, 1.807) is 24.3 Å². The average molecular weight is 383 g/mol. The van der Waals surface area contributed by atoms with E-state index in [2.05, 4.69) is 10.6 Å². The smallest absolute Gasteiger partial charge is 0.225 e. The topological polar surface area (TPSA) is 105 Å². The Kier molecular flexibility index (Phi) is 7.13. The molecule has 1 aliphatic heterocycles. The van der Waals surface area contributed by atoms with Crippen LogP contribution in [0.1, 0.15) is 26.2 Å². The minimum absolute atomic E-state index is 0.0488. The lowest BCUT2D eigenvalue weighted by molar-refractivity contribution is -0.116. The summed E-state index contributed by atoms with van der Waals surface area (Å²) in [6.45, 7) is 2.45. The minimum atomic E-state index is -3.40.